The Labute approximate surface area is 133 Å². The first-order valence-corrected chi connectivity index (χ1v) is 8.41. The van der Waals surface area contributed by atoms with Crippen molar-refractivity contribution in [2.75, 3.05) is 0 Å². The summed E-state index contributed by atoms with van der Waals surface area (Å²) in [4.78, 5) is 11.0. The van der Waals surface area contributed by atoms with E-state index < -0.39 is 32.5 Å². The van der Waals surface area contributed by atoms with E-state index in [2.05, 4.69) is 0 Å². The quantitative estimate of drug-likeness (QED) is 0.880. The summed E-state index contributed by atoms with van der Waals surface area (Å²) in [6, 6.07) is 11.5. The van der Waals surface area contributed by atoms with Gasteiger partial charge in [-0.15, -0.1) is 0 Å². The lowest BCUT2D eigenvalue weighted by atomic mass is 10.1. The van der Waals surface area contributed by atoms with Crippen molar-refractivity contribution in [3.8, 4) is 0 Å². The Hall–Kier alpha value is -2.28. The smallest absolute Gasteiger partial charge is 0.266 e. The largest absolute Gasteiger partial charge is 0.274 e. The van der Waals surface area contributed by atoms with Gasteiger partial charge in [-0.3, -0.25) is 4.79 Å². The normalized spacial score (nSPS) is 11.2. The van der Waals surface area contributed by atoms with Crippen molar-refractivity contribution in [2.45, 2.75) is 24.2 Å². The first kappa shape index (κ1) is 17.1. The molecule has 4 nitrogen and oxygen atoms in total. The predicted octanol–water partition coefficient (Wildman–Crippen LogP) is 2.79. The second kappa shape index (κ2) is 7.32. The van der Waals surface area contributed by atoms with Gasteiger partial charge in [0, 0.05) is 12.5 Å². The minimum atomic E-state index is -4.34. The number of carbonyl (C=O) groups is 1. The van der Waals surface area contributed by atoms with Crippen LogP contribution in [-0.2, 0) is 21.2 Å². The molecule has 0 aliphatic rings. The lowest BCUT2D eigenvalue weighted by Gasteiger charge is -2.08. The monoisotopic (exact) mass is 339 g/mol. The van der Waals surface area contributed by atoms with E-state index >= 15 is 0 Å². The fraction of sp³-hybridized carbons (Fsp3) is 0.188. The maximum absolute atomic E-state index is 13.5. The summed E-state index contributed by atoms with van der Waals surface area (Å²) in [6.07, 6.45) is 1.06. The molecule has 0 heterocycles. The van der Waals surface area contributed by atoms with E-state index in [0.717, 1.165) is 17.7 Å². The molecule has 0 aliphatic carbocycles. The second-order valence-electron chi connectivity index (χ2n) is 4.94. The van der Waals surface area contributed by atoms with Gasteiger partial charge in [0.05, 0.1) is 0 Å². The van der Waals surface area contributed by atoms with E-state index in [-0.39, 0.29) is 6.42 Å². The highest BCUT2D eigenvalue weighted by atomic mass is 32.2. The molecule has 0 bridgehead atoms. The van der Waals surface area contributed by atoms with Crippen molar-refractivity contribution >= 4 is 15.9 Å². The summed E-state index contributed by atoms with van der Waals surface area (Å²) in [5, 5.41) is 0. The van der Waals surface area contributed by atoms with E-state index in [4.69, 9.17) is 0 Å². The summed E-state index contributed by atoms with van der Waals surface area (Å²) >= 11 is 0. The number of nitrogens with one attached hydrogen (secondary N) is 1. The van der Waals surface area contributed by atoms with Crippen LogP contribution < -0.4 is 4.72 Å². The predicted molar refractivity (Wildman–Crippen MR) is 81.1 cm³/mol. The van der Waals surface area contributed by atoms with Gasteiger partial charge in [0.2, 0.25) is 5.91 Å². The molecular weight excluding hydrogens is 324 g/mol. The van der Waals surface area contributed by atoms with Crippen molar-refractivity contribution < 1.29 is 22.0 Å². The van der Waals surface area contributed by atoms with E-state index in [0.29, 0.717) is 18.9 Å². The van der Waals surface area contributed by atoms with E-state index in [1.165, 1.54) is 0 Å². The summed E-state index contributed by atoms with van der Waals surface area (Å²) in [7, 11) is -4.34. The van der Waals surface area contributed by atoms with Gasteiger partial charge in [0.1, 0.15) is 16.5 Å². The molecule has 2 rings (SSSR count). The van der Waals surface area contributed by atoms with Gasteiger partial charge < -0.3 is 0 Å². The van der Waals surface area contributed by atoms with Crippen molar-refractivity contribution in [3.05, 3.63) is 65.7 Å². The maximum Gasteiger partial charge on any atom is 0.266 e. The zero-order chi connectivity index (χ0) is 16.9. The van der Waals surface area contributed by atoms with Crippen LogP contribution in [0.25, 0.3) is 0 Å². The first-order chi connectivity index (χ1) is 10.9. The maximum atomic E-state index is 13.5. The molecule has 0 fully saturated rings. The third-order valence-electron chi connectivity index (χ3n) is 3.14. The molecular formula is C16H15F2NO3S. The first-order valence-electron chi connectivity index (χ1n) is 6.93. The molecule has 0 unspecified atom stereocenters. The molecule has 7 heteroatoms. The van der Waals surface area contributed by atoms with Gasteiger partial charge in [0.15, 0.2) is 0 Å². The molecule has 0 saturated heterocycles. The van der Waals surface area contributed by atoms with Crippen LogP contribution in [0.4, 0.5) is 8.78 Å². The number of rotatable bonds is 6. The fourth-order valence-electron chi connectivity index (χ4n) is 2.05. The average molecular weight is 339 g/mol. The van der Waals surface area contributed by atoms with E-state index in [1.807, 2.05) is 30.3 Å². The van der Waals surface area contributed by atoms with Gasteiger partial charge in [-0.2, -0.15) is 0 Å². The highest BCUT2D eigenvalue weighted by molar-refractivity contribution is 7.90. The van der Waals surface area contributed by atoms with Gasteiger partial charge in [-0.1, -0.05) is 30.3 Å². The van der Waals surface area contributed by atoms with Crippen LogP contribution in [0, 0.1) is 11.6 Å². The number of hydrogen-bond acceptors (Lipinski definition) is 3. The molecule has 2 aromatic carbocycles. The van der Waals surface area contributed by atoms with Crippen LogP contribution in [0.3, 0.4) is 0 Å². The standard InChI is InChI=1S/C16H15F2NO3S/c17-13-9-10-15(14(18)11-13)23(21,22)19-16(20)8-4-7-12-5-2-1-3-6-12/h1-3,5-6,9-11H,4,7-8H2,(H,19,20). The number of aryl methyl sites for hydroxylation is 1. The zero-order valence-corrected chi connectivity index (χ0v) is 12.9. The summed E-state index contributed by atoms with van der Waals surface area (Å²) in [6.45, 7) is 0. The van der Waals surface area contributed by atoms with Gasteiger partial charge >= 0.3 is 0 Å². The lowest BCUT2D eigenvalue weighted by molar-refractivity contribution is -0.119. The van der Waals surface area contributed by atoms with Gasteiger partial charge in [0.25, 0.3) is 10.0 Å². The fourth-order valence-corrected chi connectivity index (χ4v) is 3.12. The molecule has 0 aliphatic heterocycles. The van der Waals surface area contributed by atoms with Crippen LogP contribution in [0.15, 0.2) is 53.4 Å². The van der Waals surface area contributed by atoms with Gasteiger partial charge in [-0.05, 0) is 30.5 Å². The van der Waals surface area contributed by atoms with E-state index in [9.17, 15) is 22.0 Å². The average Bonchev–Trinajstić information content (AvgIpc) is 2.47. The molecule has 0 aromatic heterocycles. The van der Waals surface area contributed by atoms with Crippen LogP contribution in [0.1, 0.15) is 18.4 Å². The Kier molecular flexibility index (Phi) is 5.44. The van der Waals surface area contributed by atoms with Crippen LogP contribution in [0.2, 0.25) is 0 Å². The summed E-state index contributed by atoms with van der Waals surface area (Å²) < 4.78 is 51.9. The highest BCUT2D eigenvalue weighted by Gasteiger charge is 2.21. The number of hydrogen-bond donors (Lipinski definition) is 1. The summed E-state index contributed by atoms with van der Waals surface area (Å²) in [5.41, 5.74) is 1.03. The van der Waals surface area contributed by atoms with Crippen molar-refractivity contribution in [2.24, 2.45) is 0 Å². The lowest BCUT2D eigenvalue weighted by Crippen LogP contribution is -2.31. The molecule has 0 radical (unpaired) electrons. The highest BCUT2D eigenvalue weighted by Crippen LogP contribution is 2.15. The molecule has 0 spiro atoms. The number of amides is 1. The van der Waals surface area contributed by atoms with Crippen molar-refractivity contribution in [1.29, 1.82) is 0 Å². The molecule has 0 atom stereocenters. The third-order valence-corrected chi connectivity index (χ3v) is 4.55. The summed E-state index contributed by atoms with van der Waals surface area (Å²) in [5.74, 6) is -2.87. The molecule has 0 saturated carbocycles. The number of carbonyl (C=O) groups excluding carboxylic acids is 1. The molecule has 1 N–H and O–H groups in total. The Bertz CT molecular complexity index is 792. The van der Waals surface area contributed by atoms with E-state index in [1.54, 1.807) is 4.72 Å². The SMILES string of the molecule is O=C(CCCc1ccccc1)NS(=O)(=O)c1ccc(F)cc1F. The second-order valence-corrected chi connectivity index (χ2v) is 6.59. The Morgan fingerprint density at radius 3 is 2.39 bits per heavy atom. The Morgan fingerprint density at radius 2 is 1.74 bits per heavy atom. The topological polar surface area (TPSA) is 63.2 Å². The number of halogens is 2. The minimum Gasteiger partial charge on any atom is -0.274 e. The van der Waals surface area contributed by atoms with Crippen LogP contribution in [0.5, 0.6) is 0 Å². The number of sulfonamides is 1. The molecule has 122 valence electrons. The van der Waals surface area contributed by atoms with Crippen molar-refractivity contribution in [3.63, 3.8) is 0 Å². The number of benzene rings is 2. The molecule has 2 aromatic rings. The van der Waals surface area contributed by atoms with Crippen LogP contribution in [-0.4, -0.2) is 14.3 Å². The Balaban J connectivity index is 1.93. The van der Waals surface area contributed by atoms with Crippen LogP contribution >= 0.6 is 0 Å². The Morgan fingerprint density at radius 1 is 1.04 bits per heavy atom. The zero-order valence-electron chi connectivity index (χ0n) is 12.1. The minimum absolute atomic E-state index is 0.0169. The molecule has 23 heavy (non-hydrogen) atoms. The third kappa shape index (κ3) is 4.85. The van der Waals surface area contributed by atoms with Crippen molar-refractivity contribution in [1.82, 2.24) is 4.72 Å². The molecule has 1 amide bonds. The van der Waals surface area contributed by atoms with Gasteiger partial charge in [-0.25, -0.2) is 21.9 Å².